The first-order chi connectivity index (χ1) is 14.7. The van der Waals surface area contributed by atoms with Gasteiger partial charge in [-0.2, -0.15) is 14.6 Å². The zero-order valence-electron chi connectivity index (χ0n) is 16.0. The molecule has 0 unspecified atom stereocenters. The minimum Gasteiger partial charge on any atom is -0.497 e. The number of hydrogen-bond donors (Lipinski definition) is 0. The fourth-order valence-electron chi connectivity index (χ4n) is 3.54. The number of pyridine rings is 1. The average molecular weight is 401 g/mol. The van der Waals surface area contributed by atoms with Crippen molar-refractivity contribution in [3.05, 3.63) is 88.9 Å². The summed E-state index contributed by atoms with van der Waals surface area (Å²) in [7, 11) is 1.58. The van der Waals surface area contributed by atoms with Gasteiger partial charge in [0.1, 0.15) is 17.9 Å². The Bertz CT molecular complexity index is 1460. The minimum absolute atomic E-state index is 0.106. The summed E-state index contributed by atoms with van der Waals surface area (Å²) < 4.78 is 22.5. The number of halogens is 1. The van der Waals surface area contributed by atoms with Crippen molar-refractivity contribution in [1.82, 2.24) is 24.1 Å². The standard InChI is InChI=1S/C22H16FN5O2/c1-30-16-7-4-6-14(11-16)20-19-18(26-22-24-13-25-28(20)22)9-10-27(21(19)29)12-15-5-2-3-8-17(15)23/h2-11,13H,12H2,1H3. The van der Waals surface area contributed by atoms with E-state index in [-0.39, 0.29) is 17.9 Å². The van der Waals surface area contributed by atoms with Crippen LogP contribution < -0.4 is 10.3 Å². The van der Waals surface area contributed by atoms with E-state index < -0.39 is 0 Å². The lowest BCUT2D eigenvalue weighted by molar-refractivity contribution is 0.415. The Hall–Kier alpha value is -4.07. The van der Waals surface area contributed by atoms with Gasteiger partial charge in [-0.25, -0.2) is 9.37 Å². The molecule has 0 bridgehead atoms. The van der Waals surface area contributed by atoms with Crippen molar-refractivity contribution < 1.29 is 9.13 Å². The lowest BCUT2D eigenvalue weighted by Crippen LogP contribution is -2.22. The van der Waals surface area contributed by atoms with E-state index in [0.29, 0.717) is 33.7 Å². The Labute approximate surface area is 170 Å². The molecule has 3 heterocycles. The van der Waals surface area contributed by atoms with Gasteiger partial charge in [0.25, 0.3) is 11.3 Å². The second-order valence-corrected chi connectivity index (χ2v) is 6.76. The topological polar surface area (TPSA) is 74.3 Å². The molecule has 0 saturated carbocycles. The predicted molar refractivity (Wildman–Crippen MR) is 110 cm³/mol. The molecule has 8 heteroatoms. The van der Waals surface area contributed by atoms with Crippen molar-refractivity contribution in [2.24, 2.45) is 0 Å². The van der Waals surface area contributed by atoms with Crippen LogP contribution in [-0.4, -0.2) is 31.3 Å². The molecule has 0 aliphatic rings. The average Bonchev–Trinajstić information content (AvgIpc) is 3.24. The first-order valence-electron chi connectivity index (χ1n) is 9.26. The lowest BCUT2D eigenvalue weighted by atomic mass is 10.1. The highest BCUT2D eigenvalue weighted by molar-refractivity contribution is 5.93. The Morgan fingerprint density at radius 1 is 1.10 bits per heavy atom. The number of nitrogens with zero attached hydrogens (tertiary/aromatic N) is 5. The molecule has 2 aromatic carbocycles. The van der Waals surface area contributed by atoms with E-state index >= 15 is 0 Å². The lowest BCUT2D eigenvalue weighted by Gasteiger charge is -2.12. The number of methoxy groups -OCH3 is 1. The van der Waals surface area contributed by atoms with E-state index in [2.05, 4.69) is 15.1 Å². The Balaban J connectivity index is 1.80. The van der Waals surface area contributed by atoms with E-state index in [0.717, 1.165) is 5.56 Å². The second kappa shape index (κ2) is 7.07. The van der Waals surface area contributed by atoms with Crippen LogP contribution in [0.1, 0.15) is 5.56 Å². The molecule has 5 rings (SSSR count). The summed E-state index contributed by atoms with van der Waals surface area (Å²) in [6, 6.07) is 15.5. The summed E-state index contributed by atoms with van der Waals surface area (Å²) >= 11 is 0. The fourth-order valence-corrected chi connectivity index (χ4v) is 3.54. The van der Waals surface area contributed by atoms with Crippen LogP contribution in [0.2, 0.25) is 0 Å². The van der Waals surface area contributed by atoms with Crippen LogP contribution in [-0.2, 0) is 6.54 Å². The van der Waals surface area contributed by atoms with Crippen molar-refractivity contribution in [1.29, 1.82) is 0 Å². The van der Waals surface area contributed by atoms with Gasteiger partial charge in [0, 0.05) is 17.3 Å². The minimum atomic E-state index is -0.359. The molecule has 0 amide bonds. The van der Waals surface area contributed by atoms with E-state index in [1.807, 2.05) is 24.3 Å². The molecule has 148 valence electrons. The van der Waals surface area contributed by atoms with Crippen LogP contribution in [0.4, 0.5) is 4.39 Å². The molecular weight excluding hydrogens is 385 g/mol. The maximum atomic E-state index is 14.2. The predicted octanol–water partition coefficient (Wildman–Crippen LogP) is 3.30. The third-order valence-corrected chi connectivity index (χ3v) is 4.98. The normalized spacial score (nSPS) is 11.3. The van der Waals surface area contributed by atoms with Crippen molar-refractivity contribution >= 4 is 16.7 Å². The zero-order chi connectivity index (χ0) is 20.7. The smallest absolute Gasteiger partial charge is 0.262 e. The largest absolute Gasteiger partial charge is 0.497 e. The molecule has 0 radical (unpaired) electrons. The van der Waals surface area contributed by atoms with E-state index in [9.17, 15) is 9.18 Å². The van der Waals surface area contributed by atoms with Crippen molar-refractivity contribution in [2.45, 2.75) is 6.54 Å². The molecule has 0 atom stereocenters. The summed E-state index contributed by atoms with van der Waals surface area (Å²) in [6.45, 7) is 0.106. The Morgan fingerprint density at radius 3 is 2.80 bits per heavy atom. The van der Waals surface area contributed by atoms with Crippen molar-refractivity contribution in [3.63, 3.8) is 0 Å². The summed E-state index contributed by atoms with van der Waals surface area (Å²) in [6.07, 6.45) is 3.01. The van der Waals surface area contributed by atoms with Crippen LogP contribution in [0, 0.1) is 5.82 Å². The Kier molecular flexibility index (Phi) is 4.24. The highest BCUT2D eigenvalue weighted by Crippen LogP contribution is 2.28. The molecule has 0 aliphatic carbocycles. The molecule has 5 aromatic rings. The number of benzene rings is 2. The highest BCUT2D eigenvalue weighted by atomic mass is 19.1. The van der Waals surface area contributed by atoms with Crippen LogP contribution >= 0.6 is 0 Å². The quantitative estimate of drug-likeness (QED) is 0.462. The van der Waals surface area contributed by atoms with E-state index in [4.69, 9.17) is 4.74 Å². The van der Waals surface area contributed by atoms with E-state index in [1.165, 1.54) is 21.5 Å². The third kappa shape index (κ3) is 2.89. The van der Waals surface area contributed by atoms with Gasteiger partial charge in [0.2, 0.25) is 0 Å². The number of aromatic nitrogens is 5. The number of hydrogen-bond acceptors (Lipinski definition) is 5. The number of rotatable bonds is 4. The summed E-state index contributed by atoms with van der Waals surface area (Å²) in [5, 5.41) is 4.64. The highest BCUT2D eigenvalue weighted by Gasteiger charge is 2.18. The summed E-state index contributed by atoms with van der Waals surface area (Å²) in [5.74, 6) is 0.669. The number of ether oxygens (including phenoxy) is 1. The van der Waals surface area contributed by atoms with Gasteiger partial charge in [-0.3, -0.25) is 4.79 Å². The molecule has 3 aromatic heterocycles. The first kappa shape index (κ1) is 18.0. The van der Waals surface area contributed by atoms with Gasteiger partial charge in [-0.15, -0.1) is 0 Å². The molecule has 7 nitrogen and oxygen atoms in total. The first-order valence-corrected chi connectivity index (χ1v) is 9.26. The summed E-state index contributed by atoms with van der Waals surface area (Å²) in [5.41, 5.74) is 1.91. The number of fused-ring (bicyclic) bond motifs is 2. The van der Waals surface area contributed by atoms with Crippen molar-refractivity contribution in [2.75, 3.05) is 7.11 Å². The SMILES string of the molecule is COc1cccc(-c2c3c(=O)n(Cc4ccccc4F)ccc3nc3ncnn23)c1. The summed E-state index contributed by atoms with van der Waals surface area (Å²) in [4.78, 5) is 22.1. The van der Waals surface area contributed by atoms with Gasteiger partial charge in [-0.1, -0.05) is 30.3 Å². The molecule has 0 aliphatic heterocycles. The fraction of sp³-hybridized carbons (Fsp3) is 0.0909. The van der Waals surface area contributed by atoms with Crippen LogP contribution in [0.25, 0.3) is 27.9 Å². The van der Waals surface area contributed by atoms with Crippen LogP contribution in [0.3, 0.4) is 0 Å². The molecule has 30 heavy (non-hydrogen) atoms. The second-order valence-electron chi connectivity index (χ2n) is 6.76. The zero-order valence-corrected chi connectivity index (χ0v) is 16.0. The van der Waals surface area contributed by atoms with Crippen LogP contribution in [0.5, 0.6) is 5.75 Å². The van der Waals surface area contributed by atoms with E-state index in [1.54, 1.807) is 37.6 Å². The third-order valence-electron chi connectivity index (χ3n) is 4.98. The van der Waals surface area contributed by atoms with Gasteiger partial charge in [0.05, 0.1) is 30.3 Å². The Morgan fingerprint density at radius 2 is 1.97 bits per heavy atom. The van der Waals surface area contributed by atoms with Gasteiger partial charge in [-0.05, 0) is 24.3 Å². The van der Waals surface area contributed by atoms with Crippen LogP contribution in [0.15, 0.2) is 71.9 Å². The maximum Gasteiger partial charge on any atom is 0.262 e. The molecular formula is C22H16FN5O2. The van der Waals surface area contributed by atoms with Crippen molar-refractivity contribution in [3.8, 4) is 17.0 Å². The molecule has 0 spiro atoms. The molecule has 0 N–H and O–H groups in total. The van der Waals surface area contributed by atoms with Gasteiger partial charge < -0.3 is 9.30 Å². The molecule has 0 saturated heterocycles. The molecule has 0 fully saturated rings. The van der Waals surface area contributed by atoms with Gasteiger partial charge >= 0.3 is 0 Å². The van der Waals surface area contributed by atoms with Gasteiger partial charge in [0.15, 0.2) is 0 Å². The maximum absolute atomic E-state index is 14.2. The monoisotopic (exact) mass is 401 g/mol.